The average molecular weight is 226 g/mol. The zero-order valence-electron chi connectivity index (χ0n) is 10.00. The van der Waals surface area contributed by atoms with E-state index in [1.165, 1.54) is 6.42 Å². The van der Waals surface area contributed by atoms with Crippen LogP contribution in [0.1, 0.15) is 39.0 Å². The lowest BCUT2D eigenvalue weighted by atomic mass is 10.0. The summed E-state index contributed by atoms with van der Waals surface area (Å²) in [5.74, 6) is 0.141. The fourth-order valence-electron chi connectivity index (χ4n) is 2.49. The highest BCUT2D eigenvalue weighted by Gasteiger charge is 2.27. The van der Waals surface area contributed by atoms with Crippen LogP contribution in [0.3, 0.4) is 0 Å². The molecule has 0 bridgehead atoms. The van der Waals surface area contributed by atoms with E-state index in [0.717, 1.165) is 38.8 Å². The molecule has 4 heteroatoms. The second kappa shape index (κ2) is 5.64. The van der Waals surface area contributed by atoms with E-state index in [2.05, 4.69) is 10.6 Å². The first-order valence-electron chi connectivity index (χ1n) is 6.43. The predicted octanol–water partition coefficient (Wildman–Crippen LogP) is 0.812. The number of ether oxygens (including phenoxy) is 1. The van der Waals surface area contributed by atoms with Crippen LogP contribution >= 0.6 is 0 Å². The summed E-state index contributed by atoms with van der Waals surface area (Å²) in [5, 5.41) is 6.33. The van der Waals surface area contributed by atoms with Crippen LogP contribution in [-0.4, -0.2) is 37.2 Å². The minimum atomic E-state index is 0.0117. The van der Waals surface area contributed by atoms with Crippen LogP contribution in [0.4, 0.5) is 0 Å². The standard InChI is InChI=1S/C12H22N2O2/c1-9(11-6-4-8-16-11)14-12(15)10-5-2-3-7-13-10/h9-11,13H,2-8H2,1H3,(H,14,15). The predicted molar refractivity (Wildman–Crippen MR) is 62.2 cm³/mol. The topological polar surface area (TPSA) is 50.4 Å². The molecule has 0 saturated carbocycles. The van der Waals surface area contributed by atoms with E-state index in [4.69, 9.17) is 4.74 Å². The van der Waals surface area contributed by atoms with Gasteiger partial charge in [0.25, 0.3) is 0 Å². The molecule has 3 unspecified atom stereocenters. The average Bonchev–Trinajstić information content (AvgIpc) is 2.83. The molecule has 2 N–H and O–H groups in total. The Hall–Kier alpha value is -0.610. The highest BCUT2D eigenvalue weighted by Crippen LogP contribution is 2.16. The normalized spacial score (nSPS) is 32.3. The second-order valence-corrected chi connectivity index (χ2v) is 4.85. The van der Waals surface area contributed by atoms with Gasteiger partial charge in [0.05, 0.1) is 18.2 Å². The van der Waals surface area contributed by atoms with Gasteiger partial charge in [-0.25, -0.2) is 0 Å². The van der Waals surface area contributed by atoms with Gasteiger partial charge in [-0.05, 0) is 39.2 Å². The Kier molecular flexibility index (Phi) is 4.18. The number of hydrogen-bond donors (Lipinski definition) is 2. The fraction of sp³-hybridized carbons (Fsp3) is 0.917. The molecule has 2 aliphatic rings. The summed E-state index contributed by atoms with van der Waals surface area (Å²) in [6.45, 7) is 3.84. The van der Waals surface area contributed by atoms with Crippen LogP contribution in [0.2, 0.25) is 0 Å². The molecule has 3 atom stereocenters. The first-order chi connectivity index (χ1) is 7.77. The van der Waals surface area contributed by atoms with E-state index in [1.54, 1.807) is 0 Å². The van der Waals surface area contributed by atoms with Crippen molar-refractivity contribution in [3.05, 3.63) is 0 Å². The Morgan fingerprint density at radius 2 is 2.25 bits per heavy atom. The lowest BCUT2D eigenvalue weighted by Gasteiger charge is -2.26. The van der Waals surface area contributed by atoms with Crippen molar-refractivity contribution in [2.24, 2.45) is 0 Å². The number of carbonyl (C=O) groups is 1. The van der Waals surface area contributed by atoms with Gasteiger partial charge in [0.1, 0.15) is 0 Å². The van der Waals surface area contributed by atoms with Gasteiger partial charge >= 0.3 is 0 Å². The molecule has 0 aromatic rings. The first kappa shape index (κ1) is 11.9. The van der Waals surface area contributed by atoms with Gasteiger partial charge in [-0.2, -0.15) is 0 Å². The summed E-state index contributed by atoms with van der Waals surface area (Å²) in [4.78, 5) is 11.9. The van der Waals surface area contributed by atoms with Gasteiger partial charge in [-0.1, -0.05) is 6.42 Å². The Bertz CT molecular complexity index is 233. The molecular formula is C12H22N2O2. The van der Waals surface area contributed by atoms with Crippen molar-refractivity contribution in [3.8, 4) is 0 Å². The highest BCUT2D eigenvalue weighted by atomic mass is 16.5. The zero-order valence-corrected chi connectivity index (χ0v) is 10.00. The minimum absolute atomic E-state index is 0.0117. The monoisotopic (exact) mass is 226 g/mol. The van der Waals surface area contributed by atoms with Gasteiger partial charge < -0.3 is 15.4 Å². The Morgan fingerprint density at radius 3 is 2.88 bits per heavy atom. The molecule has 0 aromatic heterocycles. The van der Waals surface area contributed by atoms with Crippen molar-refractivity contribution >= 4 is 5.91 Å². The van der Waals surface area contributed by atoms with E-state index in [-0.39, 0.29) is 24.1 Å². The van der Waals surface area contributed by atoms with Gasteiger partial charge in [0.2, 0.25) is 5.91 Å². The third kappa shape index (κ3) is 2.95. The molecule has 0 aromatic carbocycles. The molecule has 16 heavy (non-hydrogen) atoms. The number of rotatable bonds is 3. The smallest absolute Gasteiger partial charge is 0.237 e. The van der Waals surface area contributed by atoms with Crippen LogP contribution in [0.5, 0.6) is 0 Å². The summed E-state index contributed by atoms with van der Waals surface area (Å²) in [7, 11) is 0. The maximum Gasteiger partial charge on any atom is 0.237 e. The Balaban J connectivity index is 1.76. The Labute approximate surface area is 97.1 Å². The summed E-state index contributed by atoms with van der Waals surface area (Å²) in [6, 6.07) is 0.149. The largest absolute Gasteiger partial charge is 0.376 e. The van der Waals surface area contributed by atoms with E-state index in [1.807, 2.05) is 6.92 Å². The SMILES string of the molecule is CC(NC(=O)C1CCCCN1)C1CCCO1. The third-order valence-corrected chi connectivity index (χ3v) is 3.52. The number of carbonyl (C=O) groups excluding carboxylic acids is 1. The lowest BCUT2D eigenvalue weighted by Crippen LogP contribution is -2.51. The summed E-state index contributed by atoms with van der Waals surface area (Å²) >= 11 is 0. The van der Waals surface area contributed by atoms with Crippen LogP contribution in [0.15, 0.2) is 0 Å². The molecule has 2 aliphatic heterocycles. The second-order valence-electron chi connectivity index (χ2n) is 4.85. The molecule has 2 rings (SSSR count). The number of hydrogen-bond acceptors (Lipinski definition) is 3. The highest BCUT2D eigenvalue weighted by molar-refractivity contribution is 5.82. The molecule has 2 heterocycles. The fourth-order valence-corrected chi connectivity index (χ4v) is 2.49. The summed E-state index contributed by atoms with van der Waals surface area (Å²) in [6.07, 6.45) is 5.70. The maximum absolute atomic E-state index is 11.9. The van der Waals surface area contributed by atoms with Crippen LogP contribution in [0, 0.1) is 0 Å². The first-order valence-corrected chi connectivity index (χ1v) is 6.43. The van der Waals surface area contributed by atoms with E-state index >= 15 is 0 Å². The van der Waals surface area contributed by atoms with Gasteiger partial charge in [-0.15, -0.1) is 0 Å². The number of piperidine rings is 1. The molecule has 2 fully saturated rings. The minimum Gasteiger partial charge on any atom is -0.376 e. The van der Waals surface area contributed by atoms with Crippen molar-refractivity contribution in [1.29, 1.82) is 0 Å². The molecule has 92 valence electrons. The van der Waals surface area contributed by atoms with Crippen molar-refractivity contribution in [1.82, 2.24) is 10.6 Å². The van der Waals surface area contributed by atoms with Crippen molar-refractivity contribution in [2.75, 3.05) is 13.2 Å². The molecule has 0 aliphatic carbocycles. The molecular weight excluding hydrogens is 204 g/mol. The van der Waals surface area contributed by atoms with Gasteiger partial charge in [0, 0.05) is 6.61 Å². The van der Waals surface area contributed by atoms with E-state index < -0.39 is 0 Å². The molecule has 2 saturated heterocycles. The molecule has 4 nitrogen and oxygen atoms in total. The van der Waals surface area contributed by atoms with Crippen LogP contribution < -0.4 is 10.6 Å². The molecule has 0 radical (unpaired) electrons. The molecule has 1 amide bonds. The zero-order chi connectivity index (χ0) is 11.4. The molecule has 0 spiro atoms. The quantitative estimate of drug-likeness (QED) is 0.749. The number of amides is 1. The van der Waals surface area contributed by atoms with Crippen LogP contribution in [-0.2, 0) is 9.53 Å². The Morgan fingerprint density at radius 1 is 1.38 bits per heavy atom. The van der Waals surface area contributed by atoms with Crippen LogP contribution in [0.25, 0.3) is 0 Å². The summed E-state index contributed by atoms with van der Waals surface area (Å²) < 4.78 is 5.57. The maximum atomic E-state index is 11.9. The van der Waals surface area contributed by atoms with E-state index in [0.29, 0.717) is 0 Å². The van der Waals surface area contributed by atoms with Crippen molar-refractivity contribution in [3.63, 3.8) is 0 Å². The van der Waals surface area contributed by atoms with Crippen molar-refractivity contribution in [2.45, 2.75) is 57.2 Å². The lowest BCUT2D eigenvalue weighted by molar-refractivity contribution is -0.125. The summed E-state index contributed by atoms with van der Waals surface area (Å²) in [5.41, 5.74) is 0. The van der Waals surface area contributed by atoms with Crippen molar-refractivity contribution < 1.29 is 9.53 Å². The number of nitrogens with one attached hydrogen (secondary N) is 2. The van der Waals surface area contributed by atoms with Gasteiger partial charge in [-0.3, -0.25) is 4.79 Å². The van der Waals surface area contributed by atoms with Gasteiger partial charge in [0.15, 0.2) is 0 Å². The third-order valence-electron chi connectivity index (χ3n) is 3.52. The van der Waals surface area contributed by atoms with E-state index in [9.17, 15) is 4.79 Å².